The predicted octanol–water partition coefficient (Wildman–Crippen LogP) is 4.51. The SMILES string of the molecule is Cc1cc(C)cc(N(C)C(CN)c2ccc(C)cc2Br)c1. The molecule has 1 atom stereocenters. The van der Waals surface area contributed by atoms with Gasteiger partial charge in [0.05, 0.1) is 6.04 Å². The fraction of sp³-hybridized carbons (Fsp3) is 0.333. The highest BCUT2D eigenvalue weighted by Gasteiger charge is 2.19. The standard InChI is InChI=1S/C18H23BrN2/c1-12-5-6-16(17(19)10-12)18(11-20)21(4)15-8-13(2)7-14(3)9-15/h5-10,18H,11,20H2,1-4H3. The molecule has 0 aromatic heterocycles. The van der Waals surface area contributed by atoms with E-state index in [2.05, 4.69) is 85.0 Å². The summed E-state index contributed by atoms with van der Waals surface area (Å²) >= 11 is 3.68. The lowest BCUT2D eigenvalue weighted by atomic mass is 10.0. The van der Waals surface area contributed by atoms with Crippen molar-refractivity contribution in [1.82, 2.24) is 0 Å². The summed E-state index contributed by atoms with van der Waals surface area (Å²) in [5.74, 6) is 0. The van der Waals surface area contributed by atoms with Crippen LogP contribution in [0.25, 0.3) is 0 Å². The van der Waals surface area contributed by atoms with Crippen LogP contribution in [0.1, 0.15) is 28.3 Å². The number of anilines is 1. The predicted molar refractivity (Wildman–Crippen MR) is 95.0 cm³/mol. The third-order valence-corrected chi connectivity index (χ3v) is 4.51. The Hall–Kier alpha value is -1.32. The summed E-state index contributed by atoms with van der Waals surface area (Å²) in [5, 5.41) is 0. The van der Waals surface area contributed by atoms with E-state index < -0.39 is 0 Å². The largest absolute Gasteiger partial charge is 0.366 e. The fourth-order valence-electron chi connectivity index (χ4n) is 2.73. The van der Waals surface area contributed by atoms with Crippen LogP contribution < -0.4 is 10.6 Å². The number of nitrogens with zero attached hydrogens (tertiary/aromatic N) is 1. The molecule has 0 bridgehead atoms. The number of aryl methyl sites for hydroxylation is 3. The van der Waals surface area contributed by atoms with Gasteiger partial charge in [-0.3, -0.25) is 0 Å². The minimum atomic E-state index is 0.154. The molecule has 2 N–H and O–H groups in total. The zero-order valence-electron chi connectivity index (χ0n) is 13.2. The van der Waals surface area contributed by atoms with Crippen molar-refractivity contribution in [2.24, 2.45) is 5.73 Å². The molecule has 2 aromatic carbocycles. The van der Waals surface area contributed by atoms with Gasteiger partial charge in [-0.25, -0.2) is 0 Å². The Kier molecular flexibility index (Phi) is 5.07. The van der Waals surface area contributed by atoms with Crippen LogP contribution in [-0.4, -0.2) is 13.6 Å². The highest BCUT2D eigenvalue weighted by atomic mass is 79.9. The molecule has 2 nitrogen and oxygen atoms in total. The first kappa shape index (κ1) is 16.1. The second-order valence-corrected chi connectivity index (χ2v) is 6.59. The number of likely N-dealkylation sites (N-methyl/N-ethyl adjacent to an activating group) is 1. The van der Waals surface area contributed by atoms with Gasteiger partial charge in [0, 0.05) is 23.8 Å². The van der Waals surface area contributed by atoms with Gasteiger partial charge < -0.3 is 10.6 Å². The third kappa shape index (κ3) is 3.66. The molecule has 0 aliphatic heterocycles. The van der Waals surface area contributed by atoms with Gasteiger partial charge in [0.1, 0.15) is 0 Å². The molecule has 0 spiro atoms. The van der Waals surface area contributed by atoms with Crippen molar-refractivity contribution in [3.8, 4) is 0 Å². The quantitative estimate of drug-likeness (QED) is 0.882. The van der Waals surface area contributed by atoms with Crippen LogP contribution in [0.2, 0.25) is 0 Å². The second-order valence-electron chi connectivity index (χ2n) is 5.73. The molecule has 0 saturated heterocycles. The highest BCUT2D eigenvalue weighted by molar-refractivity contribution is 9.10. The Balaban J connectivity index is 2.40. The summed E-state index contributed by atoms with van der Waals surface area (Å²) in [6, 6.07) is 13.2. The molecule has 1 unspecified atom stereocenters. The number of hydrogen-bond acceptors (Lipinski definition) is 2. The lowest BCUT2D eigenvalue weighted by Gasteiger charge is -2.31. The van der Waals surface area contributed by atoms with Crippen LogP contribution in [0.5, 0.6) is 0 Å². The van der Waals surface area contributed by atoms with E-state index in [4.69, 9.17) is 5.73 Å². The van der Waals surface area contributed by atoms with Gasteiger partial charge >= 0.3 is 0 Å². The topological polar surface area (TPSA) is 29.3 Å². The first-order valence-electron chi connectivity index (χ1n) is 7.19. The van der Waals surface area contributed by atoms with Crippen molar-refractivity contribution in [3.05, 3.63) is 63.1 Å². The van der Waals surface area contributed by atoms with E-state index in [9.17, 15) is 0 Å². The van der Waals surface area contributed by atoms with Gasteiger partial charge in [0.25, 0.3) is 0 Å². The van der Waals surface area contributed by atoms with Crippen LogP contribution >= 0.6 is 15.9 Å². The molecule has 2 aromatic rings. The van der Waals surface area contributed by atoms with Crippen LogP contribution in [0.4, 0.5) is 5.69 Å². The van der Waals surface area contributed by atoms with E-state index in [0.29, 0.717) is 6.54 Å². The molecular weight excluding hydrogens is 324 g/mol. The maximum atomic E-state index is 6.06. The molecule has 0 radical (unpaired) electrons. The summed E-state index contributed by atoms with van der Waals surface area (Å²) < 4.78 is 1.12. The van der Waals surface area contributed by atoms with Crippen molar-refractivity contribution < 1.29 is 0 Å². The van der Waals surface area contributed by atoms with E-state index in [-0.39, 0.29) is 6.04 Å². The molecule has 0 aliphatic rings. The average Bonchev–Trinajstić information content (AvgIpc) is 2.40. The lowest BCUT2D eigenvalue weighted by Crippen LogP contribution is -2.30. The van der Waals surface area contributed by atoms with Gasteiger partial charge in [0.2, 0.25) is 0 Å². The Labute approximate surface area is 136 Å². The van der Waals surface area contributed by atoms with Crippen molar-refractivity contribution in [2.45, 2.75) is 26.8 Å². The molecule has 0 aliphatic carbocycles. The highest BCUT2D eigenvalue weighted by Crippen LogP contribution is 2.31. The summed E-state index contributed by atoms with van der Waals surface area (Å²) in [5.41, 5.74) is 12.3. The van der Waals surface area contributed by atoms with Crippen molar-refractivity contribution >= 4 is 21.6 Å². The van der Waals surface area contributed by atoms with E-state index >= 15 is 0 Å². The van der Waals surface area contributed by atoms with Crippen molar-refractivity contribution in [3.63, 3.8) is 0 Å². The molecular formula is C18H23BrN2. The summed E-state index contributed by atoms with van der Waals surface area (Å²) in [4.78, 5) is 2.26. The van der Waals surface area contributed by atoms with Crippen molar-refractivity contribution in [2.75, 3.05) is 18.5 Å². The maximum Gasteiger partial charge on any atom is 0.0672 e. The smallest absolute Gasteiger partial charge is 0.0672 e. The van der Waals surface area contributed by atoms with E-state index in [1.807, 2.05) is 0 Å². The zero-order chi connectivity index (χ0) is 15.6. The third-order valence-electron chi connectivity index (χ3n) is 3.82. The first-order chi connectivity index (χ1) is 9.92. The Morgan fingerprint density at radius 2 is 1.62 bits per heavy atom. The number of hydrogen-bond donors (Lipinski definition) is 1. The molecule has 0 saturated carbocycles. The number of rotatable bonds is 4. The van der Waals surface area contributed by atoms with E-state index in [0.717, 1.165) is 4.47 Å². The number of halogens is 1. The average molecular weight is 347 g/mol. The molecule has 0 fully saturated rings. The van der Waals surface area contributed by atoms with E-state index in [1.54, 1.807) is 0 Å². The summed E-state index contributed by atoms with van der Waals surface area (Å²) in [7, 11) is 2.11. The zero-order valence-corrected chi connectivity index (χ0v) is 14.7. The second kappa shape index (κ2) is 6.63. The molecule has 3 heteroatoms. The van der Waals surface area contributed by atoms with Crippen LogP contribution in [0, 0.1) is 20.8 Å². The minimum absolute atomic E-state index is 0.154. The monoisotopic (exact) mass is 346 g/mol. The van der Waals surface area contributed by atoms with Crippen LogP contribution in [-0.2, 0) is 0 Å². The van der Waals surface area contributed by atoms with Gasteiger partial charge in [-0.15, -0.1) is 0 Å². The Morgan fingerprint density at radius 3 is 2.14 bits per heavy atom. The lowest BCUT2D eigenvalue weighted by molar-refractivity contribution is 0.677. The molecule has 21 heavy (non-hydrogen) atoms. The van der Waals surface area contributed by atoms with E-state index in [1.165, 1.54) is 27.9 Å². The van der Waals surface area contributed by atoms with Crippen molar-refractivity contribution in [1.29, 1.82) is 0 Å². The number of nitrogens with two attached hydrogens (primary N) is 1. The van der Waals surface area contributed by atoms with Gasteiger partial charge in [0.15, 0.2) is 0 Å². The first-order valence-corrected chi connectivity index (χ1v) is 7.99. The summed E-state index contributed by atoms with van der Waals surface area (Å²) in [6.45, 7) is 6.93. The number of benzene rings is 2. The Bertz CT molecular complexity index is 617. The molecule has 2 rings (SSSR count). The Morgan fingerprint density at radius 1 is 1.00 bits per heavy atom. The molecule has 0 amide bonds. The molecule has 0 heterocycles. The fourth-order valence-corrected chi connectivity index (χ4v) is 3.49. The van der Waals surface area contributed by atoms with Gasteiger partial charge in [-0.1, -0.05) is 34.1 Å². The van der Waals surface area contributed by atoms with Crippen LogP contribution in [0.15, 0.2) is 40.9 Å². The van der Waals surface area contributed by atoms with Crippen LogP contribution in [0.3, 0.4) is 0 Å². The maximum absolute atomic E-state index is 6.06. The summed E-state index contributed by atoms with van der Waals surface area (Å²) in [6.07, 6.45) is 0. The normalized spacial score (nSPS) is 12.3. The van der Waals surface area contributed by atoms with Gasteiger partial charge in [-0.05, 0) is 61.2 Å². The van der Waals surface area contributed by atoms with Gasteiger partial charge in [-0.2, -0.15) is 0 Å². The minimum Gasteiger partial charge on any atom is -0.366 e. The molecule has 112 valence electrons.